The van der Waals surface area contributed by atoms with Gasteiger partial charge in [0.05, 0.1) is 19.8 Å². The van der Waals surface area contributed by atoms with Crippen LogP contribution < -0.4 is 0 Å². The molecule has 2 bridgehead atoms. The van der Waals surface area contributed by atoms with Gasteiger partial charge in [0.15, 0.2) is 0 Å². The first-order chi connectivity index (χ1) is 8.65. The molecular weight excluding hydrogens is 248 g/mol. The molecule has 0 N–H and O–H groups in total. The number of rotatable bonds is 3. The van der Waals surface area contributed by atoms with Crippen LogP contribution in [-0.2, 0) is 4.74 Å². The fourth-order valence-corrected chi connectivity index (χ4v) is 4.62. The van der Waals surface area contributed by atoms with E-state index in [-0.39, 0.29) is 5.60 Å². The van der Waals surface area contributed by atoms with E-state index in [0.29, 0.717) is 17.4 Å². The molecule has 0 aromatic rings. The Morgan fingerprint density at radius 1 is 1.16 bits per heavy atom. The number of hydrogen-bond donors (Lipinski definition) is 0. The van der Waals surface area contributed by atoms with Crippen molar-refractivity contribution in [2.24, 2.45) is 11.3 Å². The van der Waals surface area contributed by atoms with Crippen LogP contribution >= 0.6 is 0 Å². The summed E-state index contributed by atoms with van der Waals surface area (Å²) in [6.45, 7) is 14.3. The molecule has 19 heavy (non-hydrogen) atoms. The Labute approximate surface area is 120 Å². The van der Waals surface area contributed by atoms with Gasteiger partial charge in [-0.3, -0.25) is 0 Å². The predicted molar refractivity (Wildman–Crippen MR) is 84.9 cm³/mol. The SMILES string of the molecule is CC1(C)C(CCC#CC[Si](C)(C)C)[C@@]2(C)CC[C@@H]1O2. The van der Waals surface area contributed by atoms with Crippen LogP contribution in [0, 0.1) is 23.2 Å². The second-order valence-electron chi connectivity index (χ2n) is 8.46. The van der Waals surface area contributed by atoms with Crippen LogP contribution in [-0.4, -0.2) is 19.8 Å². The van der Waals surface area contributed by atoms with E-state index in [1.165, 1.54) is 19.3 Å². The van der Waals surface area contributed by atoms with Gasteiger partial charge in [-0.25, -0.2) is 0 Å². The summed E-state index contributed by atoms with van der Waals surface area (Å²) in [7, 11) is -0.993. The summed E-state index contributed by atoms with van der Waals surface area (Å²) in [5.41, 5.74) is 0.474. The van der Waals surface area contributed by atoms with Crippen LogP contribution in [0.3, 0.4) is 0 Å². The van der Waals surface area contributed by atoms with Gasteiger partial charge in [0.1, 0.15) is 0 Å². The summed E-state index contributed by atoms with van der Waals surface area (Å²) in [5.74, 6) is 7.50. The van der Waals surface area contributed by atoms with Crippen molar-refractivity contribution < 1.29 is 4.74 Å². The van der Waals surface area contributed by atoms with Crippen molar-refractivity contribution in [2.75, 3.05) is 0 Å². The second kappa shape index (κ2) is 4.93. The predicted octanol–water partition coefficient (Wildman–Crippen LogP) is 4.70. The van der Waals surface area contributed by atoms with Gasteiger partial charge in [-0.1, -0.05) is 33.5 Å². The third-order valence-electron chi connectivity index (χ3n) is 5.08. The summed E-state index contributed by atoms with van der Waals surface area (Å²) in [5, 5.41) is 0. The summed E-state index contributed by atoms with van der Waals surface area (Å²) < 4.78 is 6.26. The first kappa shape index (κ1) is 15.1. The fraction of sp³-hybridized carbons (Fsp3) is 0.882. The molecule has 2 aliphatic heterocycles. The molecule has 0 aliphatic carbocycles. The fourth-order valence-electron chi connectivity index (χ4n) is 3.96. The second-order valence-corrected chi connectivity index (χ2v) is 13.9. The van der Waals surface area contributed by atoms with Gasteiger partial charge >= 0.3 is 0 Å². The molecule has 0 radical (unpaired) electrons. The molecule has 1 unspecified atom stereocenters. The van der Waals surface area contributed by atoms with Crippen molar-refractivity contribution in [3.63, 3.8) is 0 Å². The molecule has 108 valence electrons. The van der Waals surface area contributed by atoms with Gasteiger partial charge in [0, 0.05) is 12.5 Å². The first-order valence-corrected chi connectivity index (χ1v) is 11.5. The third kappa shape index (κ3) is 3.08. The lowest BCUT2D eigenvalue weighted by molar-refractivity contribution is 0.00487. The Morgan fingerprint density at radius 2 is 1.84 bits per heavy atom. The number of fused-ring (bicyclic) bond motifs is 2. The smallest absolute Gasteiger partial charge is 0.0693 e. The van der Waals surface area contributed by atoms with E-state index in [9.17, 15) is 0 Å². The molecule has 0 amide bonds. The molecule has 0 aromatic carbocycles. The Morgan fingerprint density at radius 3 is 2.37 bits per heavy atom. The molecule has 2 aliphatic rings. The zero-order valence-electron chi connectivity index (χ0n) is 13.6. The van der Waals surface area contributed by atoms with Crippen molar-refractivity contribution in [1.82, 2.24) is 0 Å². The monoisotopic (exact) mass is 278 g/mol. The summed E-state index contributed by atoms with van der Waals surface area (Å²) in [6, 6.07) is 1.14. The summed E-state index contributed by atoms with van der Waals surface area (Å²) in [4.78, 5) is 0. The highest BCUT2D eigenvalue weighted by molar-refractivity contribution is 6.76. The molecule has 0 spiro atoms. The molecule has 2 fully saturated rings. The van der Waals surface area contributed by atoms with E-state index in [1.807, 2.05) is 0 Å². The Bertz CT molecular complexity index is 391. The molecule has 0 saturated carbocycles. The molecule has 2 heterocycles. The molecule has 2 heteroatoms. The van der Waals surface area contributed by atoms with Crippen molar-refractivity contribution in [2.45, 2.75) is 83.8 Å². The summed E-state index contributed by atoms with van der Waals surface area (Å²) in [6.07, 6.45) is 5.23. The minimum absolute atomic E-state index is 0.134. The quantitative estimate of drug-likeness (QED) is 0.537. The van der Waals surface area contributed by atoms with E-state index < -0.39 is 8.07 Å². The highest BCUT2D eigenvalue weighted by atomic mass is 28.3. The minimum atomic E-state index is -0.993. The molecule has 2 saturated heterocycles. The van der Waals surface area contributed by atoms with Crippen LogP contribution in [0.4, 0.5) is 0 Å². The van der Waals surface area contributed by atoms with Crippen molar-refractivity contribution in [1.29, 1.82) is 0 Å². The third-order valence-corrected chi connectivity index (χ3v) is 6.32. The van der Waals surface area contributed by atoms with Gasteiger partial charge in [0.25, 0.3) is 0 Å². The van der Waals surface area contributed by atoms with Gasteiger partial charge in [-0.05, 0) is 37.5 Å². The summed E-state index contributed by atoms with van der Waals surface area (Å²) >= 11 is 0. The normalized spacial score (nSPS) is 36.1. The standard InChI is InChI=1S/C17H30OSi/c1-16(2)14(17(3)12-11-15(16)18-17)10-8-7-9-13-19(4,5)6/h14-15H,8,10-13H2,1-6H3/t14?,15-,17+/m0/s1. The first-order valence-electron chi connectivity index (χ1n) is 7.79. The Hall–Kier alpha value is -0.263. The highest BCUT2D eigenvalue weighted by Crippen LogP contribution is 2.58. The zero-order chi connectivity index (χ0) is 14.3. The van der Waals surface area contributed by atoms with E-state index in [4.69, 9.17) is 4.74 Å². The van der Waals surface area contributed by atoms with Gasteiger partial charge in [-0.15, -0.1) is 11.8 Å². The Kier molecular flexibility index (Phi) is 3.93. The average Bonchev–Trinajstić information content (AvgIpc) is 2.71. The minimum Gasteiger partial charge on any atom is -0.371 e. The molecule has 2 rings (SSSR count). The van der Waals surface area contributed by atoms with Crippen LogP contribution in [0.2, 0.25) is 25.7 Å². The highest BCUT2D eigenvalue weighted by Gasteiger charge is 2.60. The van der Waals surface area contributed by atoms with Crippen LogP contribution in [0.1, 0.15) is 46.5 Å². The van der Waals surface area contributed by atoms with Gasteiger partial charge < -0.3 is 4.74 Å². The van der Waals surface area contributed by atoms with Crippen LogP contribution in [0.25, 0.3) is 0 Å². The largest absolute Gasteiger partial charge is 0.371 e. The number of hydrogen-bond acceptors (Lipinski definition) is 1. The van der Waals surface area contributed by atoms with Crippen molar-refractivity contribution in [3.8, 4) is 11.8 Å². The van der Waals surface area contributed by atoms with Crippen molar-refractivity contribution in [3.05, 3.63) is 0 Å². The molecular formula is C17H30OSi. The van der Waals surface area contributed by atoms with E-state index >= 15 is 0 Å². The maximum Gasteiger partial charge on any atom is 0.0693 e. The molecule has 0 aromatic heterocycles. The molecule has 1 nitrogen and oxygen atoms in total. The lowest BCUT2D eigenvalue weighted by Crippen LogP contribution is -2.40. The molecule has 3 atom stereocenters. The van der Waals surface area contributed by atoms with Crippen LogP contribution in [0.5, 0.6) is 0 Å². The maximum absolute atomic E-state index is 6.26. The zero-order valence-corrected chi connectivity index (χ0v) is 14.6. The maximum atomic E-state index is 6.26. The van der Waals surface area contributed by atoms with E-state index in [1.54, 1.807) is 0 Å². The van der Waals surface area contributed by atoms with E-state index in [0.717, 1.165) is 12.5 Å². The van der Waals surface area contributed by atoms with Gasteiger partial charge in [-0.2, -0.15) is 0 Å². The van der Waals surface area contributed by atoms with Gasteiger partial charge in [0.2, 0.25) is 0 Å². The lowest BCUT2D eigenvalue weighted by atomic mass is 9.63. The average molecular weight is 279 g/mol. The lowest BCUT2D eigenvalue weighted by Gasteiger charge is -2.39. The Balaban J connectivity index is 1.90. The van der Waals surface area contributed by atoms with Crippen LogP contribution in [0.15, 0.2) is 0 Å². The topological polar surface area (TPSA) is 9.23 Å². The van der Waals surface area contributed by atoms with E-state index in [2.05, 4.69) is 52.3 Å². The number of ether oxygens (including phenoxy) is 1. The van der Waals surface area contributed by atoms with Crippen molar-refractivity contribution >= 4 is 8.07 Å².